The molecule has 0 saturated carbocycles. The van der Waals surface area contributed by atoms with Crippen LogP contribution < -0.4 is 10.9 Å². The monoisotopic (exact) mass is 282 g/mol. The molecule has 0 unspecified atom stereocenters. The number of carboxylic acid groups (broad SMARTS) is 1. The minimum Gasteiger partial charge on any atom is -0.494 e. The van der Waals surface area contributed by atoms with Crippen LogP contribution in [0.1, 0.15) is 23.2 Å². The summed E-state index contributed by atoms with van der Waals surface area (Å²) in [6, 6.07) is 2.05. The van der Waals surface area contributed by atoms with E-state index in [1.54, 1.807) is 0 Å². The standard InChI is InChI=1S/C12H14N2O6/c15-8-5-7(6-9(16)13-8)10(17)14-12(11(18)19)1-3-20-4-2-12/h5-6H,1-4H2,(H,14,17)(H,18,19)(H2,13,15,16). The normalized spacial score (nSPS) is 17.4. The minimum absolute atomic E-state index is 0.0987. The largest absolute Gasteiger partial charge is 0.494 e. The summed E-state index contributed by atoms with van der Waals surface area (Å²) in [6.07, 6.45) is 0.284. The number of nitrogens with one attached hydrogen (secondary N) is 2. The molecule has 1 aliphatic heterocycles. The smallest absolute Gasteiger partial charge is 0.329 e. The number of H-pyrrole nitrogens is 1. The molecule has 0 aromatic carbocycles. The van der Waals surface area contributed by atoms with Crippen LogP contribution in [0.5, 0.6) is 5.88 Å². The molecule has 0 bridgehead atoms. The van der Waals surface area contributed by atoms with Crippen LogP contribution in [0.4, 0.5) is 0 Å². The van der Waals surface area contributed by atoms with Gasteiger partial charge in [0.2, 0.25) is 0 Å². The van der Waals surface area contributed by atoms with Crippen LogP contribution in [0.3, 0.4) is 0 Å². The Labute approximate surface area is 113 Å². The van der Waals surface area contributed by atoms with Crippen LogP contribution in [0.25, 0.3) is 0 Å². The molecule has 1 fully saturated rings. The van der Waals surface area contributed by atoms with Crippen molar-refractivity contribution >= 4 is 11.9 Å². The van der Waals surface area contributed by atoms with Crippen molar-refractivity contribution in [2.45, 2.75) is 18.4 Å². The lowest BCUT2D eigenvalue weighted by molar-refractivity contribution is -0.148. The van der Waals surface area contributed by atoms with E-state index in [4.69, 9.17) is 4.74 Å². The average Bonchev–Trinajstić information content (AvgIpc) is 2.38. The SMILES string of the molecule is O=C(NC1(C(=O)O)CCOCC1)c1cc(O)[nH]c(=O)c1. The molecule has 1 aromatic heterocycles. The number of carbonyl (C=O) groups excluding carboxylic acids is 1. The van der Waals surface area contributed by atoms with Crippen LogP contribution in [0.2, 0.25) is 0 Å². The number of hydrogen-bond donors (Lipinski definition) is 4. The van der Waals surface area contributed by atoms with E-state index >= 15 is 0 Å². The first-order valence-corrected chi connectivity index (χ1v) is 6.00. The van der Waals surface area contributed by atoms with Crippen molar-refractivity contribution in [2.75, 3.05) is 13.2 Å². The second-order valence-electron chi connectivity index (χ2n) is 4.57. The fraction of sp³-hybridized carbons (Fsp3) is 0.417. The van der Waals surface area contributed by atoms with Gasteiger partial charge in [0.05, 0.1) is 5.56 Å². The molecule has 0 spiro atoms. The van der Waals surface area contributed by atoms with Crippen LogP contribution in [0, 0.1) is 0 Å². The highest BCUT2D eigenvalue weighted by Crippen LogP contribution is 2.21. The van der Waals surface area contributed by atoms with Gasteiger partial charge in [-0.3, -0.25) is 14.6 Å². The van der Waals surface area contributed by atoms with Gasteiger partial charge < -0.3 is 20.3 Å². The van der Waals surface area contributed by atoms with Gasteiger partial charge in [0, 0.05) is 38.2 Å². The summed E-state index contributed by atoms with van der Waals surface area (Å²) >= 11 is 0. The number of ether oxygens (including phenoxy) is 1. The molecule has 2 rings (SSSR count). The molecule has 0 atom stereocenters. The van der Waals surface area contributed by atoms with Gasteiger partial charge >= 0.3 is 5.97 Å². The molecular weight excluding hydrogens is 268 g/mol. The number of aliphatic carboxylic acids is 1. The zero-order valence-corrected chi connectivity index (χ0v) is 10.5. The summed E-state index contributed by atoms with van der Waals surface area (Å²) in [6.45, 7) is 0.459. The van der Waals surface area contributed by atoms with Crippen LogP contribution in [-0.4, -0.2) is 45.8 Å². The molecular formula is C12H14N2O6. The summed E-state index contributed by atoms with van der Waals surface area (Å²) in [5.74, 6) is -2.34. The third kappa shape index (κ3) is 2.80. The number of aromatic amines is 1. The van der Waals surface area contributed by atoms with Gasteiger partial charge in [-0.15, -0.1) is 0 Å². The van der Waals surface area contributed by atoms with Crippen LogP contribution in [-0.2, 0) is 9.53 Å². The molecule has 0 radical (unpaired) electrons. The Kier molecular flexibility index (Phi) is 3.75. The Hall–Kier alpha value is -2.35. The number of aromatic hydroxyl groups is 1. The van der Waals surface area contributed by atoms with Gasteiger partial charge in [0.25, 0.3) is 11.5 Å². The van der Waals surface area contributed by atoms with E-state index in [0.717, 1.165) is 12.1 Å². The number of hydrogen-bond acceptors (Lipinski definition) is 5. The molecule has 1 aliphatic rings. The van der Waals surface area contributed by atoms with Crippen molar-refractivity contribution in [3.05, 3.63) is 28.0 Å². The summed E-state index contributed by atoms with van der Waals surface area (Å²) in [5, 5.41) is 21.0. The fourth-order valence-electron chi connectivity index (χ4n) is 2.06. The maximum Gasteiger partial charge on any atom is 0.329 e. The number of carbonyl (C=O) groups is 2. The predicted molar refractivity (Wildman–Crippen MR) is 66.6 cm³/mol. The molecule has 8 nitrogen and oxygen atoms in total. The number of rotatable bonds is 3. The zero-order chi connectivity index (χ0) is 14.8. The summed E-state index contributed by atoms with van der Waals surface area (Å²) in [4.78, 5) is 36.7. The van der Waals surface area contributed by atoms with Gasteiger partial charge in [-0.1, -0.05) is 0 Å². The quantitative estimate of drug-likeness (QED) is 0.588. The highest BCUT2D eigenvalue weighted by Gasteiger charge is 2.41. The maximum absolute atomic E-state index is 12.0. The predicted octanol–water partition coefficient (Wildman–Crippen LogP) is -0.556. The first-order chi connectivity index (χ1) is 9.43. The topological polar surface area (TPSA) is 129 Å². The van der Waals surface area contributed by atoms with E-state index < -0.39 is 28.9 Å². The Balaban J connectivity index is 2.24. The average molecular weight is 282 g/mol. The first-order valence-electron chi connectivity index (χ1n) is 6.00. The van der Waals surface area contributed by atoms with Gasteiger partial charge in [0.1, 0.15) is 5.54 Å². The fourth-order valence-corrected chi connectivity index (χ4v) is 2.06. The van der Waals surface area contributed by atoms with Gasteiger partial charge in [-0.2, -0.15) is 0 Å². The van der Waals surface area contributed by atoms with E-state index in [1.807, 2.05) is 0 Å². The first kappa shape index (κ1) is 14.1. The van der Waals surface area contributed by atoms with E-state index in [1.165, 1.54) is 0 Å². The van der Waals surface area contributed by atoms with Gasteiger partial charge in [-0.25, -0.2) is 4.79 Å². The molecule has 4 N–H and O–H groups in total. The summed E-state index contributed by atoms with van der Waals surface area (Å²) in [5.41, 5.74) is -2.15. The van der Waals surface area contributed by atoms with E-state index in [9.17, 15) is 24.6 Å². The van der Waals surface area contributed by atoms with Crippen molar-refractivity contribution in [1.82, 2.24) is 10.3 Å². The highest BCUT2D eigenvalue weighted by molar-refractivity contribution is 5.98. The van der Waals surface area contributed by atoms with E-state index in [-0.39, 0.29) is 31.6 Å². The Morgan fingerprint density at radius 2 is 1.95 bits per heavy atom. The molecule has 1 amide bonds. The Morgan fingerprint density at radius 1 is 1.30 bits per heavy atom. The lowest BCUT2D eigenvalue weighted by Gasteiger charge is -2.33. The molecule has 1 saturated heterocycles. The van der Waals surface area contributed by atoms with Crippen molar-refractivity contribution in [1.29, 1.82) is 0 Å². The lowest BCUT2D eigenvalue weighted by Crippen LogP contribution is -2.57. The second kappa shape index (κ2) is 5.33. The zero-order valence-electron chi connectivity index (χ0n) is 10.5. The van der Waals surface area contributed by atoms with Gasteiger partial charge in [-0.05, 0) is 0 Å². The number of carboxylic acids is 1. The molecule has 2 heterocycles. The summed E-state index contributed by atoms with van der Waals surface area (Å²) in [7, 11) is 0. The number of amides is 1. The highest BCUT2D eigenvalue weighted by atomic mass is 16.5. The second-order valence-corrected chi connectivity index (χ2v) is 4.57. The molecule has 20 heavy (non-hydrogen) atoms. The Bertz CT molecular complexity index is 588. The minimum atomic E-state index is -1.41. The lowest BCUT2D eigenvalue weighted by atomic mass is 9.90. The van der Waals surface area contributed by atoms with Crippen molar-refractivity contribution in [2.24, 2.45) is 0 Å². The van der Waals surface area contributed by atoms with E-state index in [0.29, 0.717) is 0 Å². The number of pyridine rings is 1. The van der Waals surface area contributed by atoms with Crippen molar-refractivity contribution in [3.8, 4) is 5.88 Å². The Morgan fingerprint density at radius 3 is 2.50 bits per heavy atom. The van der Waals surface area contributed by atoms with Crippen LogP contribution in [0.15, 0.2) is 16.9 Å². The van der Waals surface area contributed by atoms with Gasteiger partial charge in [0.15, 0.2) is 5.88 Å². The molecule has 1 aromatic rings. The molecule has 0 aliphatic carbocycles. The molecule has 8 heteroatoms. The maximum atomic E-state index is 12.0. The van der Waals surface area contributed by atoms with E-state index in [2.05, 4.69) is 10.3 Å². The van der Waals surface area contributed by atoms with Crippen LogP contribution >= 0.6 is 0 Å². The third-order valence-electron chi connectivity index (χ3n) is 3.20. The van der Waals surface area contributed by atoms with Crippen molar-refractivity contribution in [3.63, 3.8) is 0 Å². The molecule has 108 valence electrons. The van der Waals surface area contributed by atoms with Crippen molar-refractivity contribution < 1.29 is 24.5 Å². The third-order valence-corrected chi connectivity index (χ3v) is 3.20. The summed E-state index contributed by atoms with van der Waals surface area (Å²) < 4.78 is 5.09. The number of aromatic nitrogens is 1.